The Morgan fingerprint density at radius 2 is 1.65 bits per heavy atom. The number of anilines is 1. The van der Waals surface area contributed by atoms with Crippen LogP contribution in [0.1, 0.15) is 11.6 Å². The van der Waals surface area contributed by atoms with E-state index in [9.17, 15) is 9.59 Å². The Morgan fingerprint density at radius 1 is 0.957 bits per heavy atom. The second kappa shape index (κ2) is 5.25. The highest BCUT2D eigenvalue weighted by Crippen LogP contribution is 2.41. The van der Waals surface area contributed by atoms with E-state index in [0.29, 0.717) is 5.58 Å². The van der Waals surface area contributed by atoms with Crippen LogP contribution in [0.5, 0.6) is 0 Å². The molecule has 2 aromatic carbocycles. The Bertz CT molecular complexity index is 951. The number of fused-ring (bicyclic) bond motifs is 1. The summed E-state index contributed by atoms with van der Waals surface area (Å²) in [5.74, 6) is -0.289. The molecule has 2 heterocycles. The second-order valence-corrected chi connectivity index (χ2v) is 5.89. The molecule has 1 saturated heterocycles. The van der Waals surface area contributed by atoms with Crippen molar-refractivity contribution < 1.29 is 9.21 Å². The summed E-state index contributed by atoms with van der Waals surface area (Å²) in [7, 11) is 0. The molecule has 4 rings (SSSR count). The second-order valence-electron chi connectivity index (χ2n) is 5.42. The van der Waals surface area contributed by atoms with Crippen LogP contribution < -0.4 is 10.5 Å². The highest BCUT2D eigenvalue weighted by molar-refractivity contribution is 6.37. The van der Waals surface area contributed by atoms with E-state index >= 15 is 0 Å². The summed E-state index contributed by atoms with van der Waals surface area (Å²) in [6.45, 7) is 0. The summed E-state index contributed by atoms with van der Waals surface area (Å²) in [6.07, 6.45) is 0. The van der Waals surface area contributed by atoms with Crippen LogP contribution in [0.25, 0.3) is 11.0 Å². The van der Waals surface area contributed by atoms with Crippen LogP contribution in [0.2, 0.25) is 0 Å². The standard InChI is InChI=1S/C18H12ClNO3/c19-15-16(11-6-2-1-3-7-11)20(17(15)21)13-10-12-8-4-5-9-14(12)23-18(13)22/h1-10,15-16H. The Morgan fingerprint density at radius 3 is 2.43 bits per heavy atom. The van der Waals surface area contributed by atoms with E-state index in [0.717, 1.165) is 10.9 Å². The van der Waals surface area contributed by atoms with E-state index in [2.05, 4.69) is 0 Å². The van der Waals surface area contributed by atoms with Gasteiger partial charge in [-0.1, -0.05) is 48.5 Å². The monoisotopic (exact) mass is 325 g/mol. The van der Waals surface area contributed by atoms with Crippen LogP contribution in [-0.4, -0.2) is 11.3 Å². The van der Waals surface area contributed by atoms with Gasteiger partial charge in [-0.3, -0.25) is 9.69 Å². The first kappa shape index (κ1) is 14.0. The van der Waals surface area contributed by atoms with Gasteiger partial charge in [-0.25, -0.2) is 4.79 Å². The average Bonchev–Trinajstić information content (AvgIpc) is 2.59. The smallest absolute Gasteiger partial charge is 0.360 e. The van der Waals surface area contributed by atoms with E-state index in [1.54, 1.807) is 18.2 Å². The molecule has 1 amide bonds. The van der Waals surface area contributed by atoms with Crippen molar-refractivity contribution in [3.05, 3.63) is 76.6 Å². The third-order valence-corrected chi connectivity index (χ3v) is 4.48. The van der Waals surface area contributed by atoms with Crippen molar-refractivity contribution in [3.63, 3.8) is 0 Å². The molecule has 114 valence electrons. The topological polar surface area (TPSA) is 50.5 Å². The van der Waals surface area contributed by atoms with Gasteiger partial charge in [0.1, 0.15) is 16.6 Å². The van der Waals surface area contributed by atoms with E-state index in [-0.39, 0.29) is 17.6 Å². The Balaban J connectivity index is 1.84. The molecule has 0 spiro atoms. The molecule has 1 aromatic heterocycles. The SMILES string of the molecule is O=C1C(Cl)C(c2ccccc2)N1c1cc2ccccc2oc1=O. The normalized spacial score (nSPS) is 20.6. The Hall–Kier alpha value is -2.59. The number of nitrogens with zero attached hydrogens (tertiary/aromatic N) is 1. The Labute approximate surface area is 136 Å². The van der Waals surface area contributed by atoms with Gasteiger partial charge >= 0.3 is 5.63 Å². The maximum atomic E-state index is 12.3. The molecule has 0 bridgehead atoms. The van der Waals surface area contributed by atoms with E-state index in [1.165, 1.54) is 4.90 Å². The first-order valence-corrected chi connectivity index (χ1v) is 7.65. The van der Waals surface area contributed by atoms with E-state index in [1.807, 2.05) is 42.5 Å². The largest absolute Gasteiger partial charge is 0.421 e. The summed E-state index contributed by atoms with van der Waals surface area (Å²) >= 11 is 6.19. The average molecular weight is 326 g/mol. The number of para-hydroxylation sites is 1. The Kier molecular flexibility index (Phi) is 3.20. The lowest BCUT2D eigenvalue weighted by Crippen LogP contribution is -2.57. The van der Waals surface area contributed by atoms with Gasteiger partial charge in [0.2, 0.25) is 5.91 Å². The third kappa shape index (κ3) is 2.14. The van der Waals surface area contributed by atoms with Crippen LogP contribution in [0.3, 0.4) is 0 Å². The predicted octanol–water partition coefficient (Wildman–Crippen LogP) is 3.49. The number of amides is 1. The number of β-lactam (4-membered cyclic amide) rings is 1. The van der Waals surface area contributed by atoms with Crippen molar-refractivity contribution in [2.75, 3.05) is 4.90 Å². The fourth-order valence-corrected chi connectivity index (χ4v) is 3.27. The first-order valence-electron chi connectivity index (χ1n) is 7.22. The lowest BCUT2D eigenvalue weighted by Gasteiger charge is -2.43. The number of halogens is 1. The van der Waals surface area contributed by atoms with Gasteiger partial charge in [0.05, 0.1) is 6.04 Å². The van der Waals surface area contributed by atoms with Gasteiger partial charge in [-0.05, 0) is 17.7 Å². The van der Waals surface area contributed by atoms with Crippen molar-refractivity contribution in [2.45, 2.75) is 11.4 Å². The molecular formula is C18H12ClNO3. The molecule has 5 heteroatoms. The van der Waals surface area contributed by atoms with E-state index < -0.39 is 11.0 Å². The molecule has 3 aromatic rings. The minimum Gasteiger partial charge on any atom is -0.421 e. The summed E-state index contributed by atoms with van der Waals surface area (Å²) in [5.41, 5.74) is 1.06. The number of benzene rings is 2. The number of hydrogen-bond acceptors (Lipinski definition) is 3. The highest BCUT2D eigenvalue weighted by atomic mass is 35.5. The summed E-state index contributed by atoms with van der Waals surface area (Å²) in [4.78, 5) is 26.0. The third-order valence-electron chi connectivity index (χ3n) is 4.05. The van der Waals surface area contributed by atoms with Crippen LogP contribution in [0.4, 0.5) is 5.69 Å². The zero-order valence-corrected chi connectivity index (χ0v) is 12.7. The fourth-order valence-electron chi connectivity index (χ4n) is 2.91. The van der Waals surface area contributed by atoms with Crippen LogP contribution in [0.15, 0.2) is 69.9 Å². The molecule has 1 aliphatic rings. The zero-order valence-electron chi connectivity index (χ0n) is 12.0. The molecule has 1 fully saturated rings. The molecule has 0 radical (unpaired) electrons. The molecule has 2 unspecified atom stereocenters. The number of carbonyl (C=O) groups excluding carboxylic acids is 1. The summed E-state index contributed by atoms with van der Waals surface area (Å²) < 4.78 is 5.32. The molecule has 0 N–H and O–H groups in total. The minimum absolute atomic E-state index is 0.222. The van der Waals surface area contributed by atoms with Crippen molar-refractivity contribution in [1.82, 2.24) is 0 Å². The van der Waals surface area contributed by atoms with Gasteiger partial charge in [0.25, 0.3) is 0 Å². The van der Waals surface area contributed by atoms with Gasteiger partial charge in [-0.2, -0.15) is 0 Å². The fraction of sp³-hybridized carbons (Fsp3) is 0.111. The number of carbonyl (C=O) groups is 1. The number of alkyl halides is 1. The van der Waals surface area contributed by atoms with Gasteiger partial charge in [0.15, 0.2) is 0 Å². The van der Waals surface area contributed by atoms with E-state index in [4.69, 9.17) is 16.0 Å². The van der Waals surface area contributed by atoms with Crippen molar-refractivity contribution in [1.29, 1.82) is 0 Å². The lowest BCUT2D eigenvalue weighted by atomic mass is 9.92. The molecule has 0 aliphatic carbocycles. The first-order chi connectivity index (χ1) is 11.2. The number of hydrogen-bond donors (Lipinski definition) is 0. The molecule has 23 heavy (non-hydrogen) atoms. The predicted molar refractivity (Wildman–Crippen MR) is 88.8 cm³/mol. The molecular weight excluding hydrogens is 314 g/mol. The van der Waals surface area contributed by atoms with Crippen LogP contribution >= 0.6 is 11.6 Å². The van der Waals surface area contributed by atoms with Gasteiger partial charge in [0, 0.05) is 5.39 Å². The van der Waals surface area contributed by atoms with Crippen molar-refractivity contribution in [2.24, 2.45) is 0 Å². The summed E-state index contributed by atoms with van der Waals surface area (Å²) in [6, 6.07) is 17.9. The summed E-state index contributed by atoms with van der Waals surface area (Å²) in [5, 5.41) is 0.0861. The maximum Gasteiger partial charge on any atom is 0.360 e. The lowest BCUT2D eigenvalue weighted by molar-refractivity contribution is -0.123. The van der Waals surface area contributed by atoms with Crippen LogP contribution in [0, 0.1) is 0 Å². The minimum atomic E-state index is -0.678. The number of rotatable bonds is 2. The molecule has 1 aliphatic heterocycles. The molecule has 2 atom stereocenters. The molecule has 4 nitrogen and oxygen atoms in total. The zero-order chi connectivity index (χ0) is 16.0. The van der Waals surface area contributed by atoms with Gasteiger partial charge < -0.3 is 4.42 Å². The van der Waals surface area contributed by atoms with Gasteiger partial charge in [-0.15, -0.1) is 11.6 Å². The highest BCUT2D eigenvalue weighted by Gasteiger charge is 2.49. The quantitative estimate of drug-likeness (QED) is 0.412. The van der Waals surface area contributed by atoms with Crippen LogP contribution in [-0.2, 0) is 4.79 Å². The molecule has 0 saturated carbocycles. The maximum absolute atomic E-state index is 12.3. The van der Waals surface area contributed by atoms with Crippen molar-refractivity contribution in [3.8, 4) is 0 Å². The van der Waals surface area contributed by atoms with Crippen molar-refractivity contribution >= 4 is 34.2 Å².